The largest absolute Gasteiger partial charge is 0.497 e. The van der Waals surface area contributed by atoms with Gasteiger partial charge < -0.3 is 9.84 Å². The summed E-state index contributed by atoms with van der Waals surface area (Å²) in [4.78, 5) is 11.0. The second-order valence-electron chi connectivity index (χ2n) is 5.01. The molecule has 1 aliphatic carbocycles. The van der Waals surface area contributed by atoms with Gasteiger partial charge in [-0.15, -0.1) is 0 Å². The van der Waals surface area contributed by atoms with Gasteiger partial charge in [-0.1, -0.05) is 42.0 Å². The van der Waals surface area contributed by atoms with Gasteiger partial charge in [-0.2, -0.15) is 0 Å². The maximum absolute atomic E-state index is 11.0. The molecule has 0 heterocycles. The zero-order valence-electron chi connectivity index (χ0n) is 12.2. The summed E-state index contributed by atoms with van der Waals surface area (Å²) in [7, 11) is 1.62. The zero-order valence-corrected chi connectivity index (χ0v) is 12.2. The summed E-state index contributed by atoms with van der Waals surface area (Å²) in [5.41, 5.74) is 3.19. The number of benzene rings is 1. The van der Waals surface area contributed by atoms with Crippen molar-refractivity contribution >= 4 is 5.97 Å². The van der Waals surface area contributed by atoms with Gasteiger partial charge in [-0.25, -0.2) is 0 Å². The number of aryl methyl sites for hydroxylation is 1. The van der Waals surface area contributed by atoms with Crippen LogP contribution in [0.2, 0.25) is 0 Å². The van der Waals surface area contributed by atoms with E-state index in [1.165, 1.54) is 5.57 Å². The van der Waals surface area contributed by atoms with E-state index in [1.807, 2.05) is 30.4 Å². The number of allylic oxidation sites excluding steroid dienone is 6. The van der Waals surface area contributed by atoms with E-state index in [-0.39, 0.29) is 6.42 Å². The normalized spacial score (nSPS) is 13.7. The highest BCUT2D eigenvalue weighted by molar-refractivity contribution is 5.71. The van der Waals surface area contributed by atoms with Crippen LogP contribution >= 0.6 is 0 Å². The summed E-state index contributed by atoms with van der Waals surface area (Å²) >= 11 is 0. The van der Waals surface area contributed by atoms with Gasteiger partial charge >= 0.3 is 5.97 Å². The lowest BCUT2D eigenvalue weighted by atomic mass is 9.97. The van der Waals surface area contributed by atoms with Gasteiger partial charge in [0.05, 0.1) is 13.5 Å². The minimum Gasteiger partial charge on any atom is -0.497 e. The molecule has 0 aromatic heterocycles. The maximum atomic E-state index is 11.0. The van der Waals surface area contributed by atoms with Crippen LogP contribution in [0.15, 0.2) is 54.2 Å². The van der Waals surface area contributed by atoms with E-state index in [0.717, 1.165) is 36.1 Å². The lowest BCUT2D eigenvalue weighted by molar-refractivity contribution is -0.136. The van der Waals surface area contributed by atoms with Crippen LogP contribution < -0.4 is 4.74 Å². The first kappa shape index (κ1) is 15.1. The van der Waals surface area contributed by atoms with Crippen LogP contribution in [-0.2, 0) is 17.6 Å². The predicted octanol–water partition coefficient (Wildman–Crippen LogP) is 3.70. The van der Waals surface area contributed by atoms with Gasteiger partial charge in [0.2, 0.25) is 0 Å². The molecule has 0 bridgehead atoms. The topological polar surface area (TPSA) is 46.5 Å². The number of carbonyl (C=O) groups is 1. The minimum absolute atomic E-state index is 0.0514. The molecule has 0 atom stereocenters. The molecule has 3 nitrogen and oxygen atoms in total. The molecule has 2 rings (SSSR count). The number of ether oxygens (including phenoxy) is 1. The first-order chi connectivity index (χ1) is 10.2. The molecule has 0 aliphatic heterocycles. The van der Waals surface area contributed by atoms with Crippen LogP contribution in [0, 0.1) is 0 Å². The van der Waals surface area contributed by atoms with Gasteiger partial charge in [-0.3, -0.25) is 4.79 Å². The number of methoxy groups -OCH3 is 1. The van der Waals surface area contributed by atoms with Crippen LogP contribution in [0.4, 0.5) is 0 Å². The smallest absolute Gasteiger partial charge is 0.307 e. The molecule has 0 unspecified atom stereocenters. The molecular weight excluding hydrogens is 264 g/mol. The Morgan fingerprint density at radius 3 is 2.86 bits per heavy atom. The van der Waals surface area contributed by atoms with Crippen LogP contribution in [0.1, 0.15) is 24.0 Å². The lowest BCUT2D eigenvalue weighted by Gasteiger charge is -2.10. The predicted molar refractivity (Wildman–Crippen MR) is 83.6 cm³/mol. The monoisotopic (exact) mass is 284 g/mol. The van der Waals surface area contributed by atoms with Crippen molar-refractivity contribution in [2.75, 3.05) is 7.11 Å². The molecule has 1 aliphatic rings. The summed E-state index contributed by atoms with van der Waals surface area (Å²) in [6.07, 6.45) is 13.2. The number of aliphatic carboxylic acids is 1. The maximum Gasteiger partial charge on any atom is 0.307 e. The third-order valence-corrected chi connectivity index (χ3v) is 3.51. The third kappa shape index (κ3) is 4.63. The summed E-state index contributed by atoms with van der Waals surface area (Å²) in [5.74, 6) is -0.0367. The van der Waals surface area contributed by atoms with Crippen molar-refractivity contribution in [2.24, 2.45) is 0 Å². The Hall–Kier alpha value is -2.29. The Morgan fingerprint density at radius 1 is 1.24 bits per heavy atom. The fraction of sp³-hybridized carbons (Fsp3) is 0.278. The van der Waals surface area contributed by atoms with Crippen molar-refractivity contribution in [3.05, 3.63) is 65.3 Å². The second kappa shape index (κ2) is 7.48. The number of hydrogen-bond acceptors (Lipinski definition) is 2. The Morgan fingerprint density at radius 2 is 2.10 bits per heavy atom. The molecule has 1 aromatic carbocycles. The highest BCUT2D eigenvalue weighted by Gasteiger charge is 2.09. The van der Waals surface area contributed by atoms with Gasteiger partial charge in [-0.05, 0) is 42.5 Å². The van der Waals surface area contributed by atoms with Crippen LogP contribution in [0.5, 0.6) is 5.75 Å². The van der Waals surface area contributed by atoms with E-state index >= 15 is 0 Å². The van der Waals surface area contributed by atoms with E-state index in [9.17, 15) is 4.79 Å². The van der Waals surface area contributed by atoms with E-state index < -0.39 is 5.97 Å². The molecule has 0 fully saturated rings. The molecule has 0 radical (unpaired) electrons. The summed E-state index contributed by atoms with van der Waals surface area (Å²) in [6.45, 7) is 0. The third-order valence-electron chi connectivity index (χ3n) is 3.51. The minimum atomic E-state index is -0.806. The van der Waals surface area contributed by atoms with Gasteiger partial charge in [0.1, 0.15) is 5.75 Å². The second-order valence-corrected chi connectivity index (χ2v) is 5.01. The quantitative estimate of drug-likeness (QED) is 0.866. The molecule has 21 heavy (non-hydrogen) atoms. The zero-order chi connectivity index (χ0) is 15.1. The molecule has 0 spiro atoms. The van der Waals surface area contributed by atoms with E-state index in [4.69, 9.17) is 9.84 Å². The number of carboxylic acids is 1. The van der Waals surface area contributed by atoms with Crippen molar-refractivity contribution in [1.82, 2.24) is 0 Å². The Balaban J connectivity index is 2.13. The average Bonchev–Trinajstić information content (AvgIpc) is 2.74. The SMILES string of the molecule is COc1ccc(CC(=O)O)c(CCC2=CCC=CC=C2)c1. The Labute approximate surface area is 125 Å². The van der Waals surface area contributed by atoms with Crippen LogP contribution in [-0.4, -0.2) is 18.2 Å². The van der Waals surface area contributed by atoms with Gasteiger partial charge in [0.15, 0.2) is 0 Å². The summed E-state index contributed by atoms with van der Waals surface area (Å²) in [5, 5.41) is 9.01. The van der Waals surface area contributed by atoms with Crippen molar-refractivity contribution in [1.29, 1.82) is 0 Å². The number of hydrogen-bond donors (Lipinski definition) is 1. The van der Waals surface area contributed by atoms with Crippen molar-refractivity contribution in [3.8, 4) is 5.75 Å². The average molecular weight is 284 g/mol. The van der Waals surface area contributed by atoms with E-state index in [2.05, 4.69) is 18.2 Å². The summed E-state index contributed by atoms with van der Waals surface area (Å²) < 4.78 is 5.24. The highest BCUT2D eigenvalue weighted by atomic mass is 16.5. The molecule has 110 valence electrons. The standard InChI is InChI=1S/C18H20O3/c1-21-17-11-10-16(13-18(19)20)15(12-17)9-8-14-6-4-2-3-5-7-14/h2-4,6-7,10-12H,5,8-9,13H2,1H3,(H,19,20). The fourth-order valence-electron chi connectivity index (χ4n) is 2.39. The number of rotatable bonds is 6. The summed E-state index contributed by atoms with van der Waals surface area (Å²) in [6, 6.07) is 5.61. The van der Waals surface area contributed by atoms with Crippen molar-refractivity contribution in [2.45, 2.75) is 25.7 Å². The Bertz CT molecular complexity index is 594. The van der Waals surface area contributed by atoms with Gasteiger partial charge in [0.25, 0.3) is 0 Å². The molecule has 0 saturated carbocycles. The van der Waals surface area contributed by atoms with Gasteiger partial charge in [0, 0.05) is 0 Å². The molecule has 3 heteroatoms. The first-order valence-electron chi connectivity index (χ1n) is 7.09. The van der Waals surface area contributed by atoms with Crippen molar-refractivity contribution in [3.63, 3.8) is 0 Å². The van der Waals surface area contributed by atoms with E-state index in [0.29, 0.717) is 0 Å². The van der Waals surface area contributed by atoms with Crippen LogP contribution in [0.3, 0.4) is 0 Å². The lowest BCUT2D eigenvalue weighted by Crippen LogP contribution is -2.04. The first-order valence-corrected chi connectivity index (χ1v) is 7.09. The van der Waals surface area contributed by atoms with Crippen molar-refractivity contribution < 1.29 is 14.6 Å². The molecule has 1 aromatic rings. The molecule has 0 amide bonds. The molecular formula is C18H20O3. The Kier molecular flexibility index (Phi) is 5.38. The highest BCUT2D eigenvalue weighted by Crippen LogP contribution is 2.22. The fourth-order valence-corrected chi connectivity index (χ4v) is 2.39. The van der Waals surface area contributed by atoms with Crippen LogP contribution in [0.25, 0.3) is 0 Å². The molecule has 0 saturated heterocycles. The molecule has 1 N–H and O–H groups in total. The number of carboxylic acid groups (broad SMARTS) is 1. The van der Waals surface area contributed by atoms with E-state index in [1.54, 1.807) is 7.11 Å².